The monoisotopic (exact) mass is 270 g/mol. The van der Waals surface area contributed by atoms with Crippen molar-refractivity contribution in [3.63, 3.8) is 0 Å². The SMILES string of the molecule is CCOC(=O)CS(=O)Cc1cccc(C(=O)O)c1. The quantitative estimate of drug-likeness (QED) is 0.785. The van der Waals surface area contributed by atoms with E-state index in [0.717, 1.165) is 0 Å². The van der Waals surface area contributed by atoms with Crippen molar-refractivity contribution in [2.24, 2.45) is 0 Å². The average Bonchev–Trinajstić information content (AvgIpc) is 2.29. The minimum atomic E-state index is -1.39. The van der Waals surface area contributed by atoms with Crippen LogP contribution < -0.4 is 0 Å². The van der Waals surface area contributed by atoms with Gasteiger partial charge < -0.3 is 9.84 Å². The van der Waals surface area contributed by atoms with Crippen molar-refractivity contribution >= 4 is 22.7 Å². The van der Waals surface area contributed by atoms with E-state index >= 15 is 0 Å². The van der Waals surface area contributed by atoms with E-state index in [9.17, 15) is 13.8 Å². The fraction of sp³-hybridized carbons (Fsp3) is 0.333. The van der Waals surface area contributed by atoms with E-state index in [1.54, 1.807) is 19.1 Å². The fourth-order valence-electron chi connectivity index (χ4n) is 1.37. The summed E-state index contributed by atoms with van der Waals surface area (Å²) in [7, 11) is -1.39. The van der Waals surface area contributed by atoms with Gasteiger partial charge in [-0.15, -0.1) is 0 Å². The summed E-state index contributed by atoms with van der Waals surface area (Å²) in [5, 5.41) is 8.81. The maximum absolute atomic E-state index is 11.6. The highest BCUT2D eigenvalue weighted by molar-refractivity contribution is 7.84. The van der Waals surface area contributed by atoms with Gasteiger partial charge in [0, 0.05) is 16.6 Å². The van der Waals surface area contributed by atoms with Crippen LogP contribution in [-0.4, -0.2) is 33.6 Å². The van der Waals surface area contributed by atoms with E-state index in [1.165, 1.54) is 12.1 Å². The van der Waals surface area contributed by atoms with E-state index in [4.69, 9.17) is 5.11 Å². The van der Waals surface area contributed by atoms with Crippen LogP contribution in [0, 0.1) is 0 Å². The Labute approximate surface area is 107 Å². The molecular weight excluding hydrogens is 256 g/mol. The predicted octanol–water partition coefficient (Wildman–Crippen LogP) is 1.20. The summed E-state index contributed by atoms with van der Waals surface area (Å²) in [4.78, 5) is 21.9. The number of carbonyl (C=O) groups is 2. The van der Waals surface area contributed by atoms with Crippen LogP contribution in [0.3, 0.4) is 0 Å². The van der Waals surface area contributed by atoms with Gasteiger partial charge in [0.25, 0.3) is 0 Å². The molecule has 1 rings (SSSR count). The molecule has 0 heterocycles. The molecule has 1 unspecified atom stereocenters. The number of esters is 1. The number of rotatable bonds is 6. The summed E-state index contributed by atoms with van der Waals surface area (Å²) in [6, 6.07) is 6.17. The molecule has 0 radical (unpaired) electrons. The highest BCUT2D eigenvalue weighted by Gasteiger charge is 2.10. The average molecular weight is 270 g/mol. The van der Waals surface area contributed by atoms with Crippen LogP contribution in [-0.2, 0) is 26.1 Å². The third kappa shape index (κ3) is 4.67. The Bertz CT molecular complexity index is 469. The Kier molecular flexibility index (Phi) is 5.51. The maximum atomic E-state index is 11.6. The second kappa shape index (κ2) is 6.90. The molecule has 0 fully saturated rings. The first kappa shape index (κ1) is 14.4. The van der Waals surface area contributed by atoms with Gasteiger partial charge in [-0.25, -0.2) is 4.79 Å². The van der Waals surface area contributed by atoms with Crippen molar-refractivity contribution in [3.8, 4) is 0 Å². The predicted molar refractivity (Wildman–Crippen MR) is 66.7 cm³/mol. The van der Waals surface area contributed by atoms with Gasteiger partial charge in [0.15, 0.2) is 0 Å². The van der Waals surface area contributed by atoms with Gasteiger partial charge in [0.2, 0.25) is 0 Å². The van der Waals surface area contributed by atoms with Crippen LogP contribution in [0.15, 0.2) is 24.3 Å². The summed E-state index contributed by atoms with van der Waals surface area (Å²) in [6.07, 6.45) is 0. The number of carbonyl (C=O) groups excluding carboxylic acids is 1. The van der Waals surface area contributed by atoms with Crippen molar-refractivity contribution in [1.82, 2.24) is 0 Å². The molecule has 0 aliphatic rings. The molecule has 0 saturated heterocycles. The molecule has 0 aromatic heterocycles. The molecule has 1 aromatic rings. The molecule has 0 amide bonds. The number of benzene rings is 1. The summed E-state index contributed by atoms with van der Waals surface area (Å²) in [5.74, 6) is -1.58. The number of hydrogen-bond acceptors (Lipinski definition) is 4. The lowest BCUT2D eigenvalue weighted by Crippen LogP contribution is -2.15. The molecule has 6 heteroatoms. The first-order valence-corrected chi connectivity index (χ1v) is 6.84. The molecule has 0 aliphatic heterocycles. The lowest BCUT2D eigenvalue weighted by molar-refractivity contribution is -0.139. The zero-order chi connectivity index (χ0) is 13.5. The van der Waals surface area contributed by atoms with Crippen molar-refractivity contribution in [2.45, 2.75) is 12.7 Å². The second-order valence-corrected chi connectivity index (χ2v) is 5.00. The first-order valence-electron chi connectivity index (χ1n) is 5.35. The van der Waals surface area contributed by atoms with Crippen LogP contribution in [0.4, 0.5) is 0 Å². The van der Waals surface area contributed by atoms with Crippen LogP contribution in [0.2, 0.25) is 0 Å². The molecule has 0 spiro atoms. The molecular formula is C12H14O5S. The fourth-order valence-corrected chi connectivity index (χ4v) is 2.36. The Hall–Kier alpha value is -1.69. The number of aromatic carboxylic acids is 1. The van der Waals surface area contributed by atoms with Crippen molar-refractivity contribution in [1.29, 1.82) is 0 Å². The van der Waals surface area contributed by atoms with E-state index in [0.29, 0.717) is 5.56 Å². The van der Waals surface area contributed by atoms with Crippen LogP contribution in [0.1, 0.15) is 22.8 Å². The van der Waals surface area contributed by atoms with Crippen LogP contribution in [0.5, 0.6) is 0 Å². The summed E-state index contributed by atoms with van der Waals surface area (Å²) < 4.78 is 16.3. The summed E-state index contributed by atoms with van der Waals surface area (Å²) >= 11 is 0. The van der Waals surface area contributed by atoms with Crippen molar-refractivity contribution < 1.29 is 23.6 Å². The third-order valence-electron chi connectivity index (χ3n) is 2.09. The minimum absolute atomic E-state index is 0.139. The van der Waals surface area contributed by atoms with E-state index in [2.05, 4.69) is 4.74 Å². The zero-order valence-electron chi connectivity index (χ0n) is 9.92. The Balaban J connectivity index is 2.62. The molecule has 1 N–H and O–H groups in total. The van der Waals surface area contributed by atoms with E-state index in [1.807, 2.05) is 0 Å². The van der Waals surface area contributed by atoms with Gasteiger partial charge in [-0.3, -0.25) is 9.00 Å². The molecule has 18 heavy (non-hydrogen) atoms. The van der Waals surface area contributed by atoms with Crippen LogP contribution in [0.25, 0.3) is 0 Å². The molecule has 0 bridgehead atoms. The molecule has 0 saturated carbocycles. The smallest absolute Gasteiger partial charge is 0.335 e. The number of carboxylic acid groups (broad SMARTS) is 1. The molecule has 1 aromatic carbocycles. The summed E-state index contributed by atoms with van der Waals surface area (Å²) in [5.41, 5.74) is 0.762. The number of carboxylic acids is 1. The van der Waals surface area contributed by atoms with Crippen molar-refractivity contribution in [3.05, 3.63) is 35.4 Å². The van der Waals surface area contributed by atoms with E-state index in [-0.39, 0.29) is 23.7 Å². The Morgan fingerprint density at radius 1 is 1.39 bits per heavy atom. The highest BCUT2D eigenvalue weighted by atomic mass is 32.2. The zero-order valence-corrected chi connectivity index (χ0v) is 10.7. The number of ether oxygens (including phenoxy) is 1. The first-order chi connectivity index (χ1) is 8.52. The normalized spacial score (nSPS) is 11.8. The van der Waals surface area contributed by atoms with Gasteiger partial charge in [0.1, 0.15) is 5.75 Å². The Morgan fingerprint density at radius 2 is 2.11 bits per heavy atom. The molecule has 0 aliphatic carbocycles. The molecule has 98 valence electrons. The van der Waals surface area contributed by atoms with Gasteiger partial charge in [-0.2, -0.15) is 0 Å². The third-order valence-corrected chi connectivity index (χ3v) is 3.30. The molecule has 5 nitrogen and oxygen atoms in total. The topological polar surface area (TPSA) is 80.7 Å². The van der Waals surface area contributed by atoms with Gasteiger partial charge in [-0.1, -0.05) is 12.1 Å². The van der Waals surface area contributed by atoms with Gasteiger partial charge >= 0.3 is 11.9 Å². The second-order valence-electron chi connectivity index (χ2n) is 3.54. The lowest BCUT2D eigenvalue weighted by atomic mass is 10.1. The number of hydrogen-bond donors (Lipinski definition) is 1. The minimum Gasteiger partial charge on any atom is -0.478 e. The summed E-state index contributed by atoms with van der Waals surface area (Å²) in [6.45, 7) is 1.93. The molecule has 1 atom stereocenters. The maximum Gasteiger partial charge on any atom is 0.335 e. The highest BCUT2D eigenvalue weighted by Crippen LogP contribution is 2.08. The van der Waals surface area contributed by atoms with E-state index < -0.39 is 22.7 Å². The van der Waals surface area contributed by atoms with Crippen molar-refractivity contribution in [2.75, 3.05) is 12.4 Å². The van der Waals surface area contributed by atoms with Gasteiger partial charge in [-0.05, 0) is 24.6 Å². The standard InChI is InChI=1S/C12H14O5S/c1-2-17-11(13)8-18(16)7-9-4-3-5-10(6-9)12(14)15/h3-6H,2,7-8H2,1H3,(H,14,15). The van der Waals surface area contributed by atoms with Crippen LogP contribution >= 0.6 is 0 Å². The van der Waals surface area contributed by atoms with Gasteiger partial charge in [0.05, 0.1) is 12.2 Å². The lowest BCUT2D eigenvalue weighted by Gasteiger charge is -2.03. The Morgan fingerprint density at radius 3 is 2.72 bits per heavy atom. The largest absolute Gasteiger partial charge is 0.478 e.